The van der Waals surface area contributed by atoms with Gasteiger partial charge in [0.1, 0.15) is 11.6 Å². The first kappa shape index (κ1) is 21.1. The Morgan fingerprint density at radius 2 is 1.80 bits per heavy atom. The number of hydrogen-bond donors (Lipinski definition) is 1. The maximum atomic E-state index is 12.7. The van der Waals surface area contributed by atoms with Crippen LogP contribution in [0.15, 0.2) is 54.1 Å². The summed E-state index contributed by atoms with van der Waals surface area (Å²) in [4.78, 5) is 12.7. The van der Waals surface area contributed by atoms with Crippen LogP contribution in [-0.2, 0) is 11.2 Å². The van der Waals surface area contributed by atoms with Crippen molar-refractivity contribution in [1.82, 2.24) is 4.57 Å². The van der Waals surface area contributed by atoms with Crippen molar-refractivity contribution in [3.8, 4) is 11.8 Å². The molecule has 0 radical (unpaired) electrons. The zero-order valence-electron chi connectivity index (χ0n) is 18.2. The van der Waals surface area contributed by atoms with E-state index in [1.807, 2.05) is 44.2 Å². The molecule has 4 nitrogen and oxygen atoms in total. The molecule has 1 heterocycles. The number of carbonyl (C=O) groups is 1. The molecule has 0 fully saturated rings. The van der Waals surface area contributed by atoms with Gasteiger partial charge in [-0.15, -0.1) is 0 Å². The van der Waals surface area contributed by atoms with E-state index in [4.69, 9.17) is 0 Å². The van der Waals surface area contributed by atoms with Crippen molar-refractivity contribution in [2.75, 3.05) is 5.32 Å². The van der Waals surface area contributed by atoms with Crippen molar-refractivity contribution in [1.29, 1.82) is 5.26 Å². The van der Waals surface area contributed by atoms with Gasteiger partial charge >= 0.3 is 0 Å². The lowest BCUT2D eigenvalue weighted by atomic mass is 10.1. The van der Waals surface area contributed by atoms with E-state index in [-0.39, 0.29) is 5.57 Å². The van der Waals surface area contributed by atoms with Gasteiger partial charge in [0.2, 0.25) is 0 Å². The average molecular weight is 398 g/mol. The van der Waals surface area contributed by atoms with E-state index in [1.165, 1.54) is 16.8 Å². The number of carbonyl (C=O) groups excluding carboxylic acids is 1. The first-order chi connectivity index (χ1) is 14.3. The maximum Gasteiger partial charge on any atom is 0.266 e. The molecule has 1 amide bonds. The molecule has 2 aromatic carbocycles. The highest BCUT2D eigenvalue weighted by molar-refractivity contribution is 6.09. The van der Waals surface area contributed by atoms with Crippen molar-refractivity contribution >= 4 is 17.7 Å². The van der Waals surface area contributed by atoms with Crippen LogP contribution in [0.5, 0.6) is 0 Å². The van der Waals surface area contributed by atoms with Crippen LogP contribution in [0.25, 0.3) is 11.8 Å². The van der Waals surface area contributed by atoms with Crippen molar-refractivity contribution in [2.45, 2.75) is 41.0 Å². The summed E-state index contributed by atoms with van der Waals surface area (Å²) in [6.07, 6.45) is 2.61. The van der Waals surface area contributed by atoms with Crippen molar-refractivity contribution in [3.05, 3.63) is 87.7 Å². The summed E-state index contributed by atoms with van der Waals surface area (Å²) >= 11 is 0. The maximum absolute atomic E-state index is 12.7. The van der Waals surface area contributed by atoms with Gasteiger partial charge in [-0.05, 0) is 75.1 Å². The van der Waals surface area contributed by atoms with Gasteiger partial charge in [0.05, 0.1) is 5.69 Å². The van der Waals surface area contributed by atoms with Crippen molar-refractivity contribution < 1.29 is 4.79 Å². The van der Waals surface area contributed by atoms with Crippen molar-refractivity contribution in [2.24, 2.45) is 0 Å². The molecule has 0 unspecified atom stereocenters. The van der Waals surface area contributed by atoms with E-state index in [9.17, 15) is 10.1 Å². The highest BCUT2D eigenvalue weighted by Crippen LogP contribution is 2.28. The van der Waals surface area contributed by atoms with E-state index in [0.29, 0.717) is 5.69 Å². The predicted molar refractivity (Wildman–Crippen MR) is 123 cm³/mol. The van der Waals surface area contributed by atoms with E-state index in [0.717, 1.165) is 28.9 Å². The molecule has 0 spiro atoms. The van der Waals surface area contributed by atoms with Gasteiger partial charge in [-0.2, -0.15) is 5.26 Å². The number of nitrogens with one attached hydrogen (secondary N) is 1. The van der Waals surface area contributed by atoms with E-state index >= 15 is 0 Å². The van der Waals surface area contributed by atoms with Crippen LogP contribution in [0.3, 0.4) is 0 Å². The molecule has 3 aromatic rings. The standard InChI is InChI=1S/C26H27N3O/c1-6-21-9-7-8-18(3)25(21)29-19(4)14-22(20(29)5)15-23(16-27)26(30)28-24-12-10-17(2)11-13-24/h7-15H,6H2,1-5H3,(H,28,30)/b23-15-. The summed E-state index contributed by atoms with van der Waals surface area (Å²) in [6, 6.07) is 17.9. The SMILES string of the molecule is CCc1cccc(C)c1-n1c(C)cc(/C=C(/C#N)C(=O)Nc2ccc(C)cc2)c1C. The van der Waals surface area contributed by atoms with Crippen LogP contribution in [0.1, 0.15) is 40.6 Å². The second-order valence-corrected chi connectivity index (χ2v) is 7.59. The Labute approximate surface area is 178 Å². The Bertz CT molecular complexity index is 1160. The molecule has 0 aliphatic carbocycles. The van der Waals surface area contributed by atoms with Crippen LogP contribution < -0.4 is 5.32 Å². The number of aryl methyl sites for hydroxylation is 4. The third kappa shape index (κ3) is 4.21. The van der Waals surface area contributed by atoms with Crippen LogP contribution in [-0.4, -0.2) is 10.5 Å². The van der Waals surface area contributed by atoms with Crippen LogP contribution in [0, 0.1) is 39.0 Å². The Hall–Kier alpha value is -3.58. The number of hydrogen-bond acceptors (Lipinski definition) is 2. The zero-order valence-corrected chi connectivity index (χ0v) is 18.2. The van der Waals surface area contributed by atoms with E-state index in [2.05, 4.69) is 54.9 Å². The molecule has 30 heavy (non-hydrogen) atoms. The molecule has 0 aliphatic heterocycles. The number of rotatable bonds is 5. The van der Waals surface area contributed by atoms with Gasteiger partial charge in [-0.3, -0.25) is 4.79 Å². The smallest absolute Gasteiger partial charge is 0.266 e. The molecule has 4 heteroatoms. The van der Waals surface area contributed by atoms with Gasteiger partial charge in [0.15, 0.2) is 0 Å². The summed E-state index contributed by atoms with van der Waals surface area (Å²) in [6.45, 7) is 10.3. The normalized spacial score (nSPS) is 11.3. The number of aromatic nitrogens is 1. The molecule has 152 valence electrons. The van der Waals surface area contributed by atoms with Gasteiger partial charge < -0.3 is 9.88 Å². The summed E-state index contributed by atoms with van der Waals surface area (Å²) in [5.74, 6) is -0.406. The fraction of sp³-hybridized carbons (Fsp3) is 0.231. The first-order valence-corrected chi connectivity index (χ1v) is 10.1. The molecule has 0 saturated heterocycles. The highest BCUT2D eigenvalue weighted by Gasteiger charge is 2.16. The molecular weight excluding hydrogens is 370 g/mol. The van der Waals surface area contributed by atoms with E-state index in [1.54, 1.807) is 6.08 Å². The zero-order chi connectivity index (χ0) is 21.8. The number of nitrogens with zero attached hydrogens (tertiary/aromatic N) is 2. The minimum absolute atomic E-state index is 0.0799. The third-order valence-corrected chi connectivity index (χ3v) is 5.37. The average Bonchev–Trinajstić information content (AvgIpc) is 3.00. The Balaban J connectivity index is 1.99. The predicted octanol–water partition coefficient (Wildman–Crippen LogP) is 5.82. The number of anilines is 1. The Kier molecular flexibility index (Phi) is 6.23. The lowest BCUT2D eigenvalue weighted by Gasteiger charge is -2.17. The summed E-state index contributed by atoms with van der Waals surface area (Å²) in [7, 11) is 0. The number of benzene rings is 2. The molecule has 0 saturated carbocycles. The summed E-state index contributed by atoms with van der Waals surface area (Å²) in [5, 5.41) is 12.4. The van der Waals surface area contributed by atoms with E-state index < -0.39 is 5.91 Å². The number of nitriles is 1. The molecule has 1 N–H and O–H groups in total. The molecule has 0 aliphatic rings. The topological polar surface area (TPSA) is 57.8 Å². The molecular formula is C26H27N3O. The van der Waals surface area contributed by atoms with Gasteiger partial charge in [-0.1, -0.05) is 42.8 Å². The monoisotopic (exact) mass is 397 g/mol. The minimum Gasteiger partial charge on any atom is -0.321 e. The Morgan fingerprint density at radius 1 is 1.10 bits per heavy atom. The lowest BCUT2D eigenvalue weighted by molar-refractivity contribution is -0.112. The fourth-order valence-corrected chi connectivity index (χ4v) is 3.74. The van der Waals surface area contributed by atoms with Crippen LogP contribution >= 0.6 is 0 Å². The quantitative estimate of drug-likeness (QED) is 0.436. The Morgan fingerprint density at radius 3 is 2.43 bits per heavy atom. The van der Waals surface area contributed by atoms with Gasteiger partial charge in [-0.25, -0.2) is 0 Å². The number of para-hydroxylation sites is 1. The van der Waals surface area contributed by atoms with Gasteiger partial charge in [0.25, 0.3) is 5.91 Å². The highest BCUT2D eigenvalue weighted by atomic mass is 16.1. The first-order valence-electron chi connectivity index (χ1n) is 10.1. The molecule has 1 aromatic heterocycles. The molecule has 3 rings (SSSR count). The third-order valence-electron chi connectivity index (χ3n) is 5.37. The fourth-order valence-electron chi connectivity index (χ4n) is 3.74. The largest absolute Gasteiger partial charge is 0.321 e. The second-order valence-electron chi connectivity index (χ2n) is 7.59. The minimum atomic E-state index is -0.406. The van der Waals surface area contributed by atoms with Crippen LogP contribution in [0.4, 0.5) is 5.69 Å². The summed E-state index contributed by atoms with van der Waals surface area (Å²) in [5.41, 5.74) is 8.45. The van der Waals surface area contributed by atoms with Crippen LogP contribution in [0.2, 0.25) is 0 Å². The van der Waals surface area contributed by atoms with Crippen molar-refractivity contribution in [3.63, 3.8) is 0 Å². The lowest BCUT2D eigenvalue weighted by Crippen LogP contribution is -2.13. The second kappa shape index (κ2) is 8.84. The molecule has 0 bridgehead atoms. The number of amides is 1. The van der Waals surface area contributed by atoms with Gasteiger partial charge in [0, 0.05) is 17.1 Å². The molecule has 0 atom stereocenters. The summed E-state index contributed by atoms with van der Waals surface area (Å²) < 4.78 is 2.22.